The average Bonchev–Trinajstić information content (AvgIpc) is 2.39. The van der Waals surface area contributed by atoms with Crippen molar-refractivity contribution in [1.82, 2.24) is 4.98 Å². The van der Waals surface area contributed by atoms with Gasteiger partial charge in [-0.1, -0.05) is 48.0 Å². The highest BCUT2D eigenvalue weighted by Gasteiger charge is 2.04. The van der Waals surface area contributed by atoms with E-state index in [2.05, 4.69) is 36.2 Å². The molecule has 0 bridgehead atoms. The maximum absolute atomic E-state index is 5.97. The van der Waals surface area contributed by atoms with Crippen LogP contribution in [0.25, 0.3) is 22.0 Å². The third kappa shape index (κ3) is 1.98. The Balaban J connectivity index is 2.23. The molecule has 1 aromatic heterocycles. The normalized spacial score (nSPS) is 10.8. The van der Waals surface area contributed by atoms with Gasteiger partial charge in [0.05, 0.1) is 5.52 Å². The molecule has 0 saturated carbocycles. The van der Waals surface area contributed by atoms with Crippen LogP contribution in [-0.4, -0.2) is 4.98 Å². The summed E-state index contributed by atoms with van der Waals surface area (Å²) in [6, 6.07) is 18.5. The minimum Gasteiger partial charge on any atom is -0.236 e. The molecular weight excluding hydrogens is 242 g/mol. The highest BCUT2D eigenvalue weighted by atomic mass is 35.5. The Kier molecular flexibility index (Phi) is 2.77. The number of hydrogen-bond donors (Lipinski definition) is 0. The van der Waals surface area contributed by atoms with Crippen molar-refractivity contribution < 1.29 is 0 Å². The largest absolute Gasteiger partial charge is 0.236 e. The number of rotatable bonds is 1. The number of fused-ring (bicyclic) bond motifs is 1. The molecule has 0 saturated heterocycles. The second kappa shape index (κ2) is 4.43. The third-order valence-corrected chi connectivity index (χ3v) is 3.29. The van der Waals surface area contributed by atoms with Crippen LogP contribution in [0.1, 0.15) is 5.56 Å². The van der Waals surface area contributed by atoms with Crippen LogP contribution in [0, 0.1) is 6.92 Å². The monoisotopic (exact) mass is 253 g/mol. The van der Waals surface area contributed by atoms with Crippen LogP contribution in [0.4, 0.5) is 0 Å². The van der Waals surface area contributed by atoms with E-state index in [-0.39, 0.29) is 0 Å². The molecule has 1 heterocycles. The quantitative estimate of drug-likeness (QED) is 0.564. The molecule has 3 rings (SSSR count). The summed E-state index contributed by atoms with van der Waals surface area (Å²) < 4.78 is 0. The molecule has 18 heavy (non-hydrogen) atoms. The van der Waals surface area contributed by atoms with E-state index in [0.717, 1.165) is 16.5 Å². The maximum Gasteiger partial charge on any atom is 0.130 e. The van der Waals surface area contributed by atoms with Crippen LogP contribution in [0.3, 0.4) is 0 Å². The molecular formula is C16H12ClN. The van der Waals surface area contributed by atoms with Gasteiger partial charge in [0.2, 0.25) is 0 Å². The van der Waals surface area contributed by atoms with Gasteiger partial charge >= 0.3 is 0 Å². The van der Waals surface area contributed by atoms with Gasteiger partial charge < -0.3 is 0 Å². The zero-order valence-electron chi connectivity index (χ0n) is 10.0. The van der Waals surface area contributed by atoms with E-state index in [4.69, 9.17) is 11.6 Å². The van der Waals surface area contributed by atoms with Gasteiger partial charge in [0.1, 0.15) is 5.15 Å². The van der Waals surface area contributed by atoms with E-state index in [1.165, 1.54) is 11.1 Å². The van der Waals surface area contributed by atoms with Gasteiger partial charge in [-0.2, -0.15) is 0 Å². The fourth-order valence-electron chi connectivity index (χ4n) is 2.16. The van der Waals surface area contributed by atoms with Gasteiger partial charge in [0.25, 0.3) is 0 Å². The predicted molar refractivity (Wildman–Crippen MR) is 76.9 cm³/mol. The number of aryl methyl sites for hydroxylation is 1. The number of pyridine rings is 1. The maximum atomic E-state index is 5.97. The lowest BCUT2D eigenvalue weighted by Gasteiger charge is -2.06. The Morgan fingerprint density at radius 2 is 1.67 bits per heavy atom. The smallest absolute Gasteiger partial charge is 0.130 e. The SMILES string of the molecule is Cc1cc(Cl)nc2ccc(-c3ccccc3)cc12. The Hall–Kier alpha value is -1.86. The van der Waals surface area contributed by atoms with Gasteiger partial charge in [-0.3, -0.25) is 0 Å². The zero-order valence-corrected chi connectivity index (χ0v) is 10.8. The number of aromatic nitrogens is 1. The Morgan fingerprint density at radius 3 is 2.44 bits per heavy atom. The van der Waals surface area contributed by atoms with Gasteiger partial charge in [-0.15, -0.1) is 0 Å². The first-order valence-electron chi connectivity index (χ1n) is 5.86. The number of halogens is 1. The molecule has 1 nitrogen and oxygen atoms in total. The summed E-state index contributed by atoms with van der Waals surface area (Å²) in [5.74, 6) is 0. The number of nitrogens with zero attached hydrogens (tertiary/aromatic N) is 1. The number of benzene rings is 2. The Labute approximate surface area is 111 Å². The minimum atomic E-state index is 0.549. The fraction of sp³-hybridized carbons (Fsp3) is 0.0625. The first kappa shape index (κ1) is 11.2. The van der Waals surface area contributed by atoms with E-state index in [9.17, 15) is 0 Å². The molecule has 0 fully saturated rings. The van der Waals surface area contributed by atoms with E-state index in [0.29, 0.717) is 5.15 Å². The first-order chi connectivity index (χ1) is 8.74. The summed E-state index contributed by atoms with van der Waals surface area (Å²) in [7, 11) is 0. The Bertz CT molecular complexity index is 705. The summed E-state index contributed by atoms with van der Waals surface area (Å²) in [6.45, 7) is 2.06. The van der Waals surface area contributed by atoms with Crippen molar-refractivity contribution in [2.24, 2.45) is 0 Å². The van der Waals surface area contributed by atoms with E-state index in [1.54, 1.807) is 0 Å². The van der Waals surface area contributed by atoms with Crippen LogP contribution in [0.5, 0.6) is 0 Å². The molecule has 2 aromatic carbocycles. The van der Waals surface area contributed by atoms with Crippen LogP contribution < -0.4 is 0 Å². The van der Waals surface area contributed by atoms with Crippen molar-refractivity contribution in [3.8, 4) is 11.1 Å². The summed E-state index contributed by atoms with van der Waals surface area (Å²) >= 11 is 5.97. The lowest BCUT2D eigenvalue weighted by atomic mass is 10.0. The van der Waals surface area contributed by atoms with Crippen molar-refractivity contribution in [3.63, 3.8) is 0 Å². The standard InChI is InChI=1S/C16H12ClN/c1-11-9-16(17)18-15-8-7-13(10-14(11)15)12-5-3-2-4-6-12/h2-10H,1H3. The van der Waals surface area contributed by atoms with Gasteiger partial charge in [-0.25, -0.2) is 4.98 Å². The van der Waals surface area contributed by atoms with Crippen molar-refractivity contribution in [2.45, 2.75) is 6.92 Å². The Morgan fingerprint density at radius 1 is 0.889 bits per heavy atom. The lowest BCUT2D eigenvalue weighted by molar-refractivity contribution is 1.37. The average molecular weight is 254 g/mol. The van der Waals surface area contributed by atoms with Crippen molar-refractivity contribution in [3.05, 3.63) is 65.3 Å². The fourth-order valence-corrected chi connectivity index (χ4v) is 2.42. The highest BCUT2D eigenvalue weighted by Crippen LogP contribution is 2.26. The summed E-state index contributed by atoms with van der Waals surface area (Å²) in [6.07, 6.45) is 0. The van der Waals surface area contributed by atoms with Gasteiger partial charge in [0, 0.05) is 5.39 Å². The summed E-state index contributed by atoms with van der Waals surface area (Å²) in [5, 5.41) is 1.70. The zero-order chi connectivity index (χ0) is 12.5. The molecule has 0 aliphatic rings. The van der Waals surface area contributed by atoms with Crippen molar-refractivity contribution >= 4 is 22.5 Å². The molecule has 0 atom stereocenters. The van der Waals surface area contributed by atoms with Crippen LogP contribution >= 0.6 is 11.6 Å². The van der Waals surface area contributed by atoms with E-state index in [1.807, 2.05) is 30.3 Å². The first-order valence-corrected chi connectivity index (χ1v) is 6.24. The summed E-state index contributed by atoms with van der Waals surface area (Å²) in [4.78, 5) is 4.34. The topological polar surface area (TPSA) is 12.9 Å². The lowest BCUT2D eigenvalue weighted by Crippen LogP contribution is -1.86. The van der Waals surface area contributed by atoms with E-state index >= 15 is 0 Å². The van der Waals surface area contributed by atoms with Crippen LogP contribution in [0.15, 0.2) is 54.6 Å². The second-order valence-electron chi connectivity index (χ2n) is 4.36. The molecule has 0 spiro atoms. The van der Waals surface area contributed by atoms with E-state index < -0.39 is 0 Å². The highest BCUT2D eigenvalue weighted by molar-refractivity contribution is 6.29. The molecule has 88 valence electrons. The second-order valence-corrected chi connectivity index (χ2v) is 4.75. The molecule has 2 heteroatoms. The molecule has 0 unspecified atom stereocenters. The summed E-state index contributed by atoms with van der Waals surface area (Å²) in [5.41, 5.74) is 4.52. The third-order valence-electron chi connectivity index (χ3n) is 3.09. The van der Waals surface area contributed by atoms with Gasteiger partial charge in [-0.05, 0) is 41.8 Å². The molecule has 0 N–H and O–H groups in total. The van der Waals surface area contributed by atoms with Crippen molar-refractivity contribution in [2.75, 3.05) is 0 Å². The van der Waals surface area contributed by atoms with Crippen LogP contribution in [-0.2, 0) is 0 Å². The molecule has 0 radical (unpaired) electrons. The molecule has 0 amide bonds. The van der Waals surface area contributed by atoms with Crippen molar-refractivity contribution in [1.29, 1.82) is 0 Å². The molecule has 0 aliphatic carbocycles. The predicted octanol–water partition coefficient (Wildman–Crippen LogP) is 4.86. The number of hydrogen-bond acceptors (Lipinski definition) is 1. The van der Waals surface area contributed by atoms with Gasteiger partial charge in [0.15, 0.2) is 0 Å². The van der Waals surface area contributed by atoms with Crippen LogP contribution in [0.2, 0.25) is 5.15 Å². The minimum absolute atomic E-state index is 0.549. The molecule has 3 aromatic rings. The molecule has 0 aliphatic heterocycles.